The summed E-state index contributed by atoms with van der Waals surface area (Å²) in [4.78, 5) is 7.21. The van der Waals surface area contributed by atoms with Crippen LogP contribution in [0.4, 0.5) is 11.4 Å². The van der Waals surface area contributed by atoms with Crippen molar-refractivity contribution in [1.82, 2.24) is 5.32 Å². The van der Waals surface area contributed by atoms with Gasteiger partial charge in [0.15, 0.2) is 0 Å². The summed E-state index contributed by atoms with van der Waals surface area (Å²) in [7, 11) is 0. The van der Waals surface area contributed by atoms with Crippen molar-refractivity contribution in [2.24, 2.45) is 4.99 Å². The van der Waals surface area contributed by atoms with Gasteiger partial charge in [0.25, 0.3) is 0 Å². The Hall–Kier alpha value is -2.10. The minimum absolute atomic E-state index is 0.162. The number of halogens is 1. The predicted octanol–water partition coefficient (Wildman–Crippen LogP) is 5.62. The number of hydrogen-bond donors (Lipinski definition) is 1. The van der Waals surface area contributed by atoms with Crippen molar-refractivity contribution in [3.63, 3.8) is 0 Å². The number of aliphatic imine (C=N–C) groups is 1. The standard InChI is InChI=1S/C23H24ClN3/c1-14-21-18(24)5-4-6-19(21)27-20-13-16(15-9-11-25-12-10-15)7-8-17(20)23(2,3)22(27)26-14/h4-8,13,15,25H,1,9-12H2,2-3H3. The van der Waals surface area contributed by atoms with Crippen LogP contribution >= 0.6 is 11.6 Å². The molecular weight excluding hydrogens is 354 g/mol. The molecule has 27 heavy (non-hydrogen) atoms. The van der Waals surface area contributed by atoms with Crippen molar-refractivity contribution in [2.45, 2.75) is 38.0 Å². The quantitative estimate of drug-likeness (QED) is 0.698. The smallest absolute Gasteiger partial charge is 0.124 e. The van der Waals surface area contributed by atoms with E-state index in [1.165, 1.54) is 29.7 Å². The zero-order chi connectivity index (χ0) is 18.8. The average molecular weight is 378 g/mol. The van der Waals surface area contributed by atoms with Crippen LogP contribution < -0.4 is 10.2 Å². The highest BCUT2D eigenvalue weighted by Crippen LogP contribution is 2.52. The molecule has 0 radical (unpaired) electrons. The van der Waals surface area contributed by atoms with Gasteiger partial charge in [-0.3, -0.25) is 4.90 Å². The fourth-order valence-electron chi connectivity index (χ4n) is 4.79. The summed E-state index contributed by atoms with van der Waals surface area (Å²) >= 11 is 6.51. The Labute approximate surface area is 165 Å². The fourth-order valence-corrected chi connectivity index (χ4v) is 5.07. The Morgan fingerprint density at radius 1 is 1.15 bits per heavy atom. The third-order valence-corrected chi connectivity index (χ3v) is 6.59. The number of piperidine rings is 1. The molecule has 0 spiro atoms. The van der Waals surface area contributed by atoms with E-state index >= 15 is 0 Å². The van der Waals surface area contributed by atoms with Crippen molar-refractivity contribution in [3.05, 3.63) is 64.7 Å². The first-order valence-corrected chi connectivity index (χ1v) is 10.1. The highest BCUT2D eigenvalue weighted by Gasteiger charge is 2.45. The third-order valence-electron chi connectivity index (χ3n) is 6.28. The molecule has 4 heteroatoms. The van der Waals surface area contributed by atoms with Crippen LogP contribution in [0.1, 0.15) is 49.3 Å². The van der Waals surface area contributed by atoms with Crippen molar-refractivity contribution >= 4 is 34.5 Å². The second-order valence-corrected chi connectivity index (χ2v) is 8.68. The lowest BCUT2D eigenvalue weighted by atomic mass is 9.83. The van der Waals surface area contributed by atoms with Gasteiger partial charge in [0.05, 0.1) is 27.5 Å². The van der Waals surface area contributed by atoms with E-state index in [-0.39, 0.29) is 5.41 Å². The Bertz CT molecular complexity index is 983. The number of fused-ring (bicyclic) bond motifs is 5. The number of nitrogens with zero attached hydrogens (tertiary/aromatic N) is 2. The molecule has 3 aliphatic rings. The normalized spacial score (nSPS) is 20.8. The minimum atomic E-state index is -0.162. The van der Waals surface area contributed by atoms with E-state index in [0.29, 0.717) is 10.9 Å². The summed E-state index contributed by atoms with van der Waals surface area (Å²) < 4.78 is 0. The number of amidine groups is 1. The van der Waals surface area contributed by atoms with Crippen LogP contribution in [-0.2, 0) is 5.41 Å². The topological polar surface area (TPSA) is 27.6 Å². The lowest BCUT2D eigenvalue weighted by Crippen LogP contribution is -2.35. The fraction of sp³-hybridized carbons (Fsp3) is 0.348. The molecule has 0 atom stereocenters. The summed E-state index contributed by atoms with van der Waals surface area (Å²) in [6.07, 6.45) is 2.39. The number of rotatable bonds is 1. The molecule has 3 heterocycles. The maximum atomic E-state index is 6.51. The Morgan fingerprint density at radius 2 is 1.93 bits per heavy atom. The molecule has 1 saturated heterocycles. The number of nitrogens with one attached hydrogen (secondary N) is 1. The molecule has 0 saturated carbocycles. The summed E-state index contributed by atoms with van der Waals surface area (Å²) in [5.41, 5.74) is 6.61. The van der Waals surface area contributed by atoms with E-state index in [1.54, 1.807) is 0 Å². The molecule has 0 bridgehead atoms. The number of anilines is 2. The molecule has 0 unspecified atom stereocenters. The Balaban J connectivity index is 1.70. The van der Waals surface area contributed by atoms with Crippen LogP contribution in [0.5, 0.6) is 0 Å². The molecule has 2 aromatic rings. The molecule has 1 N–H and O–H groups in total. The van der Waals surface area contributed by atoms with Crippen molar-refractivity contribution in [3.8, 4) is 0 Å². The lowest BCUT2D eigenvalue weighted by molar-refractivity contribution is 0.460. The lowest BCUT2D eigenvalue weighted by Gasteiger charge is -2.32. The van der Waals surface area contributed by atoms with E-state index in [2.05, 4.69) is 54.9 Å². The second kappa shape index (κ2) is 5.95. The van der Waals surface area contributed by atoms with Crippen LogP contribution in [0.3, 0.4) is 0 Å². The SMILES string of the molecule is C=C1N=C2N(c3cc(C4CCNCC4)ccc3C2(C)C)c2cccc(Cl)c21. The zero-order valence-corrected chi connectivity index (χ0v) is 16.6. The van der Waals surface area contributed by atoms with Gasteiger partial charge in [-0.2, -0.15) is 0 Å². The average Bonchev–Trinajstić information content (AvgIpc) is 2.89. The molecule has 3 nitrogen and oxygen atoms in total. The first kappa shape index (κ1) is 17.0. The van der Waals surface area contributed by atoms with Crippen molar-refractivity contribution < 1.29 is 0 Å². The second-order valence-electron chi connectivity index (χ2n) is 8.28. The first-order valence-electron chi connectivity index (χ1n) is 9.70. The van der Waals surface area contributed by atoms with E-state index in [9.17, 15) is 0 Å². The van der Waals surface area contributed by atoms with Gasteiger partial charge in [-0.25, -0.2) is 4.99 Å². The summed E-state index contributed by atoms with van der Waals surface area (Å²) in [5, 5.41) is 4.17. The Morgan fingerprint density at radius 3 is 2.70 bits per heavy atom. The molecule has 0 aromatic heterocycles. The number of benzene rings is 2. The summed E-state index contributed by atoms with van der Waals surface area (Å²) in [6.45, 7) is 10.9. The first-order chi connectivity index (χ1) is 13.0. The molecule has 138 valence electrons. The van der Waals surface area contributed by atoms with E-state index in [4.69, 9.17) is 16.6 Å². The van der Waals surface area contributed by atoms with Crippen LogP contribution in [0.25, 0.3) is 5.70 Å². The molecule has 5 rings (SSSR count). The summed E-state index contributed by atoms with van der Waals surface area (Å²) in [5.74, 6) is 1.67. The monoisotopic (exact) mass is 377 g/mol. The van der Waals surface area contributed by atoms with E-state index in [1.807, 2.05) is 12.1 Å². The van der Waals surface area contributed by atoms with Gasteiger partial charge in [0, 0.05) is 5.56 Å². The predicted molar refractivity (Wildman–Crippen MR) is 114 cm³/mol. The van der Waals surface area contributed by atoms with Gasteiger partial charge in [-0.05, 0) is 75.0 Å². The van der Waals surface area contributed by atoms with Gasteiger partial charge in [-0.1, -0.05) is 36.4 Å². The number of hydrogen-bond acceptors (Lipinski definition) is 3. The molecule has 0 amide bonds. The maximum Gasteiger partial charge on any atom is 0.124 e. The van der Waals surface area contributed by atoms with Gasteiger partial charge >= 0.3 is 0 Å². The highest BCUT2D eigenvalue weighted by molar-refractivity contribution is 6.34. The van der Waals surface area contributed by atoms with Gasteiger partial charge < -0.3 is 5.32 Å². The zero-order valence-electron chi connectivity index (χ0n) is 15.8. The van der Waals surface area contributed by atoms with Crippen LogP contribution in [-0.4, -0.2) is 18.9 Å². The highest BCUT2D eigenvalue weighted by atomic mass is 35.5. The molecule has 0 aliphatic carbocycles. The minimum Gasteiger partial charge on any atom is -0.317 e. The third kappa shape index (κ3) is 2.41. The maximum absolute atomic E-state index is 6.51. The van der Waals surface area contributed by atoms with Gasteiger partial charge in [0.2, 0.25) is 0 Å². The molecular formula is C23H24ClN3. The van der Waals surface area contributed by atoms with Crippen molar-refractivity contribution in [1.29, 1.82) is 0 Å². The Kier molecular flexibility index (Phi) is 3.75. The van der Waals surface area contributed by atoms with Gasteiger partial charge in [-0.15, -0.1) is 0 Å². The van der Waals surface area contributed by atoms with Crippen LogP contribution in [0, 0.1) is 0 Å². The van der Waals surface area contributed by atoms with Crippen LogP contribution in [0.15, 0.2) is 48.0 Å². The van der Waals surface area contributed by atoms with E-state index < -0.39 is 0 Å². The molecule has 2 aromatic carbocycles. The summed E-state index contributed by atoms with van der Waals surface area (Å²) in [6, 6.07) is 13.1. The van der Waals surface area contributed by atoms with Crippen LogP contribution in [0.2, 0.25) is 5.02 Å². The van der Waals surface area contributed by atoms with Crippen molar-refractivity contribution in [2.75, 3.05) is 18.0 Å². The van der Waals surface area contributed by atoms with E-state index in [0.717, 1.165) is 35.9 Å². The molecule has 1 fully saturated rings. The van der Waals surface area contributed by atoms with Gasteiger partial charge in [0.1, 0.15) is 5.84 Å². The largest absolute Gasteiger partial charge is 0.317 e. The molecule has 3 aliphatic heterocycles.